The van der Waals surface area contributed by atoms with Gasteiger partial charge in [-0.25, -0.2) is 9.18 Å². The molecule has 1 aliphatic carbocycles. The average Bonchev–Trinajstić information content (AvgIpc) is 2.44. The van der Waals surface area contributed by atoms with Gasteiger partial charge in [0.05, 0.1) is 0 Å². The molecular weight excluding hydrogens is 125 g/mol. The molecule has 9 heavy (non-hydrogen) atoms. The number of hydrogen-bond acceptors (Lipinski definition) is 2. The smallest absolute Gasteiger partial charge is 0.338 e. The van der Waals surface area contributed by atoms with E-state index < -0.39 is 18.1 Å². The molecule has 0 aromatic rings. The lowest BCUT2D eigenvalue weighted by Crippen LogP contribution is -2.20. The van der Waals surface area contributed by atoms with Gasteiger partial charge in [0.1, 0.15) is 0 Å². The molecule has 0 aliphatic heterocycles. The molecule has 3 N–H and O–H groups in total. The Kier molecular flexibility index (Phi) is 1.40. The van der Waals surface area contributed by atoms with Gasteiger partial charge in [-0.05, 0) is 6.42 Å². The van der Waals surface area contributed by atoms with Crippen LogP contribution in [0.15, 0.2) is 0 Å². The first kappa shape index (κ1) is 6.48. The van der Waals surface area contributed by atoms with Crippen molar-refractivity contribution in [3.05, 3.63) is 0 Å². The van der Waals surface area contributed by atoms with Gasteiger partial charge in [0.2, 0.25) is 6.17 Å². The Morgan fingerprint density at radius 3 is 2.44 bits per heavy atom. The summed E-state index contributed by atoms with van der Waals surface area (Å²) in [6.45, 7) is 0. The molecule has 0 aromatic carbocycles. The van der Waals surface area contributed by atoms with Crippen LogP contribution < -0.4 is 5.73 Å². The van der Waals surface area contributed by atoms with Crippen LogP contribution in [-0.4, -0.2) is 23.3 Å². The van der Waals surface area contributed by atoms with E-state index >= 15 is 0 Å². The van der Waals surface area contributed by atoms with Crippen LogP contribution in [0.4, 0.5) is 4.39 Å². The summed E-state index contributed by atoms with van der Waals surface area (Å²) >= 11 is 0. The summed E-state index contributed by atoms with van der Waals surface area (Å²) < 4.78 is 12.3. The summed E-state index contributed by atoms with van der Waals surface area (Å²) in [4.78, 5) is 9.90. The Bertz CT molecular complexity index is 139. The van der Waals surface area contributed by atoms with E-state index in [9.17, 15) is 9.18 Å². The summed E-state index contributed by atoms with van der Waals surface area (Å²) in [6, 6.07) is -0.226. The maximum absolute atomic E-state index is 12.3. The second kappa shape index (κ2) is 1.95. The van der Waals surface area contributed by atoms with Gasteiger partial charge >= 0.3 is 5.97 Å². The Labute approximate surface area is 51.7 Å². The molecular formula is C5H8FNO2. The predicted octanol–water partition coefficient (Wildman–Crippen LogP) is -0.244. The summed E-state index contributed by atoms with van der Waals surface area (Å²) in [5.41, 5.74) is 5.20. The maximum Gasteiger partial charge on any atom is 0.338 e. The van der Waals surface area contributed by atoms with Crippen molar-refractivity contribution in [2.45, 2.75) is 18.6 Å². The first-order chi connectivity index (χ1) is 4.13. The minimum atomic E-state index is -1.75. The number of aliphatic carboxylic acids is 1. The molecule has 0 unspecified atom stereocenters. The van der Waals surface area contributed by atoms with Crippen molar-refractivity contribution >= 4 is 5.97 Å². The lowest BCUT2D eigenvalue weighted by molar-refractivity contribution is -0.143. The van der Waals surface area contributed by atoms with Crippen molar-refractivity contribution in [2.24, 2.45) is 11.7 Å². The SMILES string of the molecule is N[C@@H]1C[C@H]1[C@@H](F)C(=O)O. The molecule has 3 atom stereocenters. The molecule has 0 bridgehead atoms. The van der Waals surface area contributed by atoms with E-state index in [4.69, 9.17) is 10.8 Å². The highest BCUT2D eigenvalue weighted by Crippen LogP contribution is 2.33. The Morgan fingerprint density at radius 1 is 1.89 bits per heavy atom. The van der Waals surface area contributed by atoms with Gasteiger partial charge in [0.15, 0.2) is 0 Å². The minimum absolute atomic E-state index is 0.226. The second-order valence-electron chi connectivity index (χ2n) is 2.30. The topological polar surface area (TPSA) is 63.3 Å². The van der Waals surface area contributed by atoms with E-state index in [1.807, 2.05) is 0 Å². The fourth-order valence-corrected chi connectivity index (χ4v) is 0.755. The van der Waals surface area contributed by atoms with Gasteiger partial charge in [-0.3, -0.25) is 0 Å². The molecule has 1 fully saturated rings. The number of carboxylic acids is 1. The number of carboxylic acid groups (broad SMARTS) is 1. The molecule has 0 saturated heterocycles. The molecule has 1 rings (SSSR count). The third-order valence-corrected chi connectivity index (χ3v) is 1.50. The summed E-state index contributed by atoms with van der Waals surface area (Å²) in [5, 5.41) is 8.08. The van der Waals surface area contributed by atoms with Crippen LogP contribution in [0.2, 0.25) is 0 Å². The van der Waals surface area contributed by atoms with Crippen molar-refractivity contribution in [3.63, 3.8) is 0 Å². The van der Waals surface area contributed by atoms with Gasteiger partial charge in [-0.2, -0.15) is 0 Å². The molecule has 52 valence electrons. The van der Waals surface area contributed by atoms with Crippen LogP contribution in [0.5, 0.6) is 0 Å². The van der Waals surface area contributed by atoms with Crippen LogP contribution in [0.3, 0.4) is 0 Å². The van der Waals surface area contributed by atoms with Crippen molar-refractivity contribution in [1.82, 2.24) is 0 Å². The van der Waals surface area contributed by atoms with Crippen molar-refractivity contribution in [2.75, 3.05) is 0 Å². The van der Waals surface area contributed by atoms with Gasteiger partial charge < -0.3 is 10.8 Å². The number of alkyl halides is 1. The molecule has 0 radical (unpaired) electrons. The fourth-order valence-electron chi connectivity index (χ4n) is 0.755. The number of hydrogen-bond donors (Lipinski definition) is 2. The van der Waals surface area contributed by atoms with E-state index in [2.05, 4.69) is 0 Å². The second-order valence-corrected chi connectivity index (χ2v) is 2.30. The highest BCUT2D eigenvalue weighted by Gasteiger charge is 2.44. The highest BCUT2D eigenvalue weighted by atomic mass is 19.1. The number of carbonyl (C=O) groups is 1. The normalized spacial score (nSPS) is 35.8. The van der Waals surface area contributed by atoms with E-state index in [1.165, 1.54) is 0 Å². The molecule has 1 saturated carbocycles. The van der Waals surface area contributed by atoms with Crippen LogP contribution >= 0.6 is 0 Å². The van der Waals surface area contributed by atoms with Gasteiger partial charge in [-0.15, -0.1) is 0 Å². The number of rotatable bonds is 2. The van der Waals surface area contributed by atoms with Crippen LogP contribution in [0.25, 0.3) is 0 Å². The monoisotopic (exact) mass is 133 g/mol. The van der Waals surface area contributed by atoms with Gasteiger partial charge in [0.25, 0.3) is 0 Å². The highest BCUT2D eigenvalue weighted by molar-refractivity contribution is 5.73. The van der Waals surface area contributed by atoms with Crippen LogP contribution in [0, 0.1) is 5.92 Å². The Balaban J connectivity index is 2.36. The summed E-state index contributed by atoms with van der Waals surface area (Å²) in [6.07, 6.45) is -1.24. The quantitative estimate of drug-likeness (QED) is 0.546. The van der Waals surface area contributed by atoms with E-state index in [1.54, 1.807) is 0 Å². The van der Waals surface area contributed by atoms with E-state index in [-0.39, 0.29) is 6.04 Å². The average molecular weight is 133 g/mol. The summed E-state index contributed by atoms with van der Waals surface area (Å²) in [5.74, 6) is -1.82. The van der Waals surface area contributed by atoms with E-state index in [0.29, 0.717) is 6.42 Å². The van der Waals surface area contributed by atoms with Crippen molar-refractivity contribution in [1.29, 1.82) is 0 Å². The summed E-state index contributed by atoms with van der Waals surface area (Å²) in [7, 11) is 0. The molecule has 0 aromatic heterocycles. The lowest BCUT2D eigenvalue weighted by Gasteiger charge is -1.96. The maximum atomic E-state index is 12.3. The van der Waals surface area contributed by atoms with Gasteiger partial charge in [0, 0.05) is 12.0 Å². The largest absolute Gasteiger partial charge is 0.479 e. The zero-order valence-electron chi connectivity index (χ0n) is 4.75. The zero-order chi connectivity index (χ0) is 7.02. The van der Waals surface area contributed by atoms with Crippen LogP contribution in [0.1, 0.15) is 6.42 Å². The molecule has 1 aliphatic rings. The van der Waals surface area contributed by atoms with Crippen molar-refractivity contribution < 1.29 is 14.3 Å². The van der Waals surface area contributed by atoms with Gasteiger partial charge in [-0.1, -0.05) is 0 Å². The Hall–Kier alpha value is -0.640. The Morgan fingerprint density at radius 2 is 2.33 bits per heavy atom. The van der Waals surface area contributed by atoms with Crippen molar-refractivity contribution in [3.8, 4) is 0 Å². The standard InChI is InChI=1S/C5H8FNO2/c6-4(5(8)9)2-1-3(2)7/h2-4H,1,7H2,(H,8,9)/t2-,3-,4-/m1/s1. The zero-order valence-corrected chi connectivity index (χ0v) is 4.75. The molecule has 3 nitrogen and oxygen atoms in total. The first-order valence-electron chi connectivity index (χ1n) is 2.75. The lowest BCUT2D eigenvalue weighted by atomic mass is 10.2. The minimum Gasteiger partial charge on any atom is -0.479 e. The number of halogens is 1. The van der Waals surface area contributed by atoms with Crippen LogP contribution in [-0.2, 0) is 4.79 Å². The first-order valence-corrected chi connectivity index (χ1v) is 2.75. The third kappa shape index (κ3) is 1.18. The molecule has 0 heterocycles. The predicted molar refractivity (Wildman–Crippen MR) is 28.6 cm³/mol. The van der Waals surface area contributed by atoms with E-state index in [0.717, 1.165) is 0 Å². The fraction of sp³-hybridized carbons (Fsp3) is 0.800. The molecule has 4 heteroatoms. The third-order valence-electron chi connectivity index (χ3n) is 1.50. The molecule has 0 spiro atoms. The molecule has 0 amide bonds. The number of nitrogens with two attached hydrogens (primary N) is 1.